The summed E-state index contributed by atoms with van der Waals surface area (Å²) in [7, 11) is 1.85. The summed E-state index contributed by atoms with van der Waals surface area (Å²) in [5.41, 5.74) is 2.51. The Morgan fingerprint density at radius 3 is 3.20 bits per heavy atom. The highest BCUT2D eigenvalue weighted by Crippen LogP contribution is 2.20. The molecule has 0 radical (unpaired) electrons. The fourth-order valence-electron chi connectivity index (χ4n) is 1.45. The quantitative estimate of drug-likeness (QED) is 0.542. The second kappa shape index (κ2) is 4.16. The van der Waals surface area contributed by atoms with Crippen LogP contribution in [-0.4, -0.2) is 19.6 Å². The molecule has 2 rings (SSSR count). The minimum absolute atomic E-state index is 0.236. The molecule has 1 aromatic rings. The number of esters is 1. The van der Waals surface area contributed by atoms with Crippen LogP contribution < -0.4 is 5.32 Å². The Labute approximate surface area is 88.4 Å². The lowest BCUT2D eigenvalue weighted by atomic mass is 10.1. The molecule has 0 aliphatic carbocycles. The maximum atomic E-state index is 11.2. The van der Waals surface area contributed by atoms with E-state index in [-0.39, 0.29) is 5.97 Å². The molecular formula is C12H11NO2. The standard InChI is InChI=1S/C12H11NO2/c1-13-6-2-3-9-4-5-11-10(7-9)8-15-12(11)14/h4-5,7,13H,6,8H2,1H3. The number of hydrogen-bond acceptors (Lipinski definition) is 3. The molecule has 0 saturated heterocycles. The normalized spacial score (nSPS) is 12.7. The topological polar surface area (TPSA) is 38.3 Å². The minimum Gasteiger partial charge on any atom is -0.457 e. The first-order valence-electron chi connectivity index (χ1n) is 4.75. The van der Waals surface area contributed by atoms with Gasteiger partial charge in [0, 0.05) is 11.1 Å². The van der Waals surface area contributed by atoms with E-state index < -0.39 is 0 Å². The maximum Gasteiger partial charge on any atom is 0.338 e. The Morgan fingerprint density at radius 2 is 2.40 bits per heavy atom. The van der Waals surface area contributed by atoms with Gasteiger partial charge in [-0.3, -0.25) is 0 Å². The van der Waals surface area contributed by atoms with Crippen molar-refractivity contribution in [2.75, 3.05) is 13.6 Å². The molecular weight excluding hydrogens is 190 g/mol. The third-order valence-electron chi connectivity index (χ3n) is 2.18. The van der Waals surface area contributed by atoms with Crippen LogP contribution in [-0.2, 0) is 11.3 Å². The Kier molecular flexibility index (Phi) is 2.70. The molecule has 0 atom stereocenters. The van der Waals surface area contributed by atoms with Crippen LogP contribution in [0.3, 0.4) is 0 Å². The number of nitrogens with one attached hydrogen (secondary N) is 1. The van der Waals surface area contributed by atoms with Gasteiger partial charge in [-0.15, -0.1) is 0 Å². The van der Waals surface area contributed by atoms with Crippen LogP contribution in [0.25, 0.3) is 0 Å². The number of benzene rings is 1. The van der Waals surface area contributed by atoms with Gasteiger partial charge < -0.3 is 10.1 Å². The summed E-state index contributed by atoms with van der Waals surface area (Å²) in [4.78, 5) is 11.2. The fourth-order valence-corrected chi connectivity index (χ4v) is 1.45. The lowest BCUT2D eigenvalue weighted by molar-refractivity contribution is 0.0535. The molecule has 0 aromatic heterocycles. The number of fused-ring (bicyclic) bond motifs is 1. The summed E-state index contributed by atoms with van der Waals surface area (Å²) < 4.78 is 4.90. The van der Waals surface area contributed by atoms with E-state index >= 15 is 0 Å². The van der Waals surface area contributed by atoms with Gasteiger partial charge in [-0.1, -0.05) is 11.8 Å². The van der Waals surface area contributed by atoms with Crippen molar-refractivity contribution in [2.45, 2.75) is 6.61 Å². The number of ether oxygens (including phenoxy) is 1. The summed E-state index contributed by atoms with van der Waals surface area (Å²) in [6.45, 7) is 1.03. The summed E-state index contributed by atoms with van der Waals surface area (Å²) in [6.07, 6.45) is 0. The monoisotopic (exact) mass is 201 g/mol. The average molecular weight is 201 g/mol. The smallest absolute Gasteiger partial charge is 0.338 e. The molecule has 1 aromatic carbocycles. The van der Waals surface area contributed by atoms with E-state index in [2.05, 4.69) is 17.2 Å². The molecule has 1 aliphatic heterocycles. The Hall–Kier alpha value is -1.79. The molecule has 0 saturated carbocycles. The fraction of sp³-hybridized carbons (Fsp3) is 0.250. The van der Waals surface area contributed by atoms with Gasteiger partial charge in [0.1, 0.15) is 6.61 Å². The van der Waals surface area contributed by atoms with Crippen molar-refractivity contribution in [3.05, 3.63) is 34.9 Å². The highest BCUT2D eigenvalue weighted by Gasteiger charge is 2.20. The van der Waals surface area contributed by atoms with E-state index in [0.717, 1.165) is 11.1 Å². The van der Waals surface area contributed by atoms with Crippen LogP contribution in [0.1, 0.15) is 21.5 Å². The molecule has 3 heteroatoms. The van der Waals surface area contributed by atoms with Crippen LogP contribution >= 0.6 is 0 Å². The molecule has 0 spiro atoms. The van der Waals surface area contributed by atoms with Crippen LogP contribution in [0.4, 0.5) is 0 Å². The molecule has 3 nitrogen and oxygen atoms in total. The van der Waals surface area contributed by atoms with Gasteiger partial charge >= 0.3 is 5.97 Å². The first kappa shape index (κ1) is 9.75. The van der Waals surface area contributed by atoms with Gasteiger partial charge in [0.2, 0.25) is 0 Å². The molecule has 0 unspecified atom stereocenters. The maximum absolute atomic E-state index is 11.2. The zero-order valence-electron chi connectivity index (χ0n) is 8.46. The predicted molar refractivity (Wildman–Crippen MR) is 56.4 cm³/mol. The van der Waals surface area contributed by atoms with E-state index in [0.29, 0.717) is 18.7 Å². The second-order valence-electron chi connectivity index (χ2n) is 3.28. The van der Waals surface area contributed by atoms with Crippen LogP contribution in [0.5, 0.6) is 0 Å². The number of hydrogen-bond donors (Lipinski definition) is 1. The van der Waals surface area contributed by atoms with Gasteiger partial charge in [0.25, 0.3) is 0 Å². The first-order chi connectivity index (χ1) is 7.31. The van der Waals surface area contributed by atoms with Crippen molar-refractivity contribution in [1.82, 2.24) is 5.32 Å². The Bertz CT molecular complexity index is 454. The Balaban J connectivity index is 2.24. The zero-order valence-corrected chi connectivity index (χ0v) is 8.46. The highest BCUT2D eigenvalue weighted by molar-refractivity contribution is 5.93. The van der Waals surface area contributed by atoms with Crippen LogP contribution in [0.2, 0.25) is 0 Å². The molecule has 15 heavy (non-hydrogen) atoms. The van der Waals surface area contributed by atoms with Crippen molar-refractivity contribution in [1.29, 1.82) is 0 Å². The van der Waals surface area contributed by atoms with E-state index in [9.17, 15) is 4.79 Å². The SMILES string of the molecule is CNCC#Cc1ccc2c(c1)COC2=O. The summed E-state index contributed by atoms with van der Waals surface area (Å²) >= 11 is 0. The number of cyclic esters (lactones) is 1. The van der Waals surface area contributed by atoms with Gasteiger partial charge in [0.05, 0.1) is 12.1 Å². The van der Waals surface area contributed by atoms with Crippen LogP contribution in [0, 0.1) is 11.8 Å². The average Bonchev–Trinajstić information content (AvgIpc) is 2.61. The van der Waals surface area contributed by atoms with Crippen molar-refractivity contribution in [2.24, 2.45) is 0 Å². The molecule has 76 valence electrons. The van der Waals surface area contributed by atoms with Gasteiger partial charge in [-0.2, -0.15) is 0 Å². The molecule has 1 aliphatic rings. The van der Waals surface area contributed by atoms with Crippen LogP contribution in [0.15, 0.2) is 18.2 Å². The summed E-state index contributed by atoms with van der Waals surface area (Å²) in [5, 5.41) is 2.94. The van der Waals surface area contributed by atoms with Gasteiger partial charge in [0.15, 0.2) is 0 Å². The lowest BCUT2D eigenvalue weighted by Gasteiger charge is -1.94. The third-order valence-corrected chi connectivity index (χ3v) is 2.18. The summed E-state index contributed by atoms with van der Waals surface area (Å²) in [5.74, 6) is 5.74. The molecule has 1 N–H and O–H groups in total. The molecule has 0 bridgehead atoms. The molecule has 0 fully saturated rings. The van der Waals surface area contributed by atoms with Crippen molar-refractivity contribution >= 4 is 5.97 Å². The highest BCUT2D eigenvalue weighted by atomic mass is 16.5. The predicted octanol–water partition coefficient (Wildman–Crippen LogP) is 0.928. The number of carbonyl (C=O) groups is 1. The largest absolute Gasteiger partial charge is 0.457 e. The Morgan fingerprint density at radius 1 is 1.53 bits per heavy atom. The van der Waals surface area contributed by atoms with Crippen molar-refractivity contribution in [3.63, 3.8) is 0 Å². The minimum atomic E-state index is -0.236. The van der Waals surface area contributed by atoms with E-state index in [1.807, 2.05) is 19.2 Å². The number of rotatable bonds is 1. The molecule has 1 heterocycles. The third kappa shape index (κ3) is 2.00. The molecule has 0 amide bonds. The second-order valence-corrected chi connectivity index (χ2v) is 3.28. The van der Waals surface area contributed by atoms with Crippen molar-refractivity contribution < 1.29 is 9.53 Å². The number of carbonyl (C=O) groups excluding carboxylic acids is 1. The van der Waals surface area contributed by atoms with E-state index in [4.69, 9.17) is 4.74 Å². The summed E-state index contributed by atoms with van der Waals surface area (Å²) in [6, 6.07) is 5.52. The first-order valence-corrected chi connectivity index (χ1v) is 4.75. The van der Waals surface area contributed by atoms with Crippen molar-refractivity contribution in [3.8, 4) is 11.8 Å². The van der Waals surface area contributed by atoms with Gasteiger partial charge in [-0.05, 0) is 25.2 Å². The van der Waals surface area contributed by atoms with Gasteiger partial charge in [-0.25, -0.2) is 4.79 Å². The van der Waals surface area contributed by atoms with E-state index in [1.165, 1.54) is 0 Å². The lowest BCUT2D eigenvalue weighted by Crippen LogP contribution is -2.04. The zero-order chi connectivity index (χ0) is 10.7. The van der Waals surface area contributed by atoms with E-state index in [1.54, 1.807) is 6.07 Å².